The molecule has 1 fully saturated rings. The average Bonchev–Trinajstić information content (AvgIpc) is 3.30. The number of aromatic nitrogens is 5. The van der Waals surface area contributed by atoms with Gasteiger partial charge in [0.25, 0.3) is 0 Å². The minimum absolute atomic E-state index is 0.0328. The van der Waals surface area contributed by atoms with Crippen molar-refractivity contribution in [3.63, 3.8) is 0 Å². The molecule has 0 amide bonds. The van der Waals surface area contributed by atoms with Gasteiger partial charge in [0.1, 0.15) is 17.7 Å². The Hall–Kier alpha value is -3.70. The summed E-state index contributed by atoms with van der Waals surface area (Å²) in [5.74, 6) is -0.506. The van der Waals surface area contributed by atoms with E-state index < -0.39 is 11.4 Å². The highest BCUT2D eigenvalue weighted by molar-refractivity contribution is 5.75. The molecule has 0 aliphatic carbocycles. The fourth-order valence-electron chi connectivity index (χ4n) is 4.90. The van der Waals surface area contributed by atoms with Gasteiger partial charge in [-0.1, -0.05) is 26.0 Å². The predicted octanol–water partition coefficient (Wildman–Crippen LogP) is 5.96. The largest absolute Gasteiger partial charge is 0.460 e. The van der Waals surface area contributed by atoms with Crippen LogP contribution >= 0.6 is 0 Å². The Balaban J connectivity index is 1.72. The third-order valence-corrected chi connectivity index (χ3v) is 6.59. The molecule has 42 heavy (non-hydrogen) atoms. The van der Waals surface area contributed by atoms with Crippen LogP contribution in [0.1, 0.15) is 78.5 Å². The second-order valence-electron chi connectivity index (χ2n) is 12.3. The highest BCUT2D eigenvalue weighted by Crippen LogP contribution is 2.34. The molecule has 0 saturated carbocycles. The summed E-state index contributed by atoms with van der Waals surface area (Å²) in [6.07, 6.45) is 5.25. The molecule has 2 atom stereocenters. The Kier molecular flexibility index (Phi) is 9.12. The number of carbonyl (C=O) groups is 1. The summed E-state index contributed by atoms with van der Waals surface area (Å²) in [6.45, 7) is 13.3. The van der Waals surface area contributed by atoms with E-state index in [9.17, 15) is 9.18 Å². The lowest BCUT2D eigenvalue weighted by Crippen LogP contribution is -2.45. The van der Waals surface area contributed by atoms with E-state index in [-0.39, 0.29) is 36.3 Å². The molecule has 3 heterocycles. The molecule has 0 radical (unpaired) electrons. The molecule has 0 unspecified atom stereocenters. The van der Waals surface area contributed by atoms with Crippen LogP contribution in [0.25, 0.3) is 17.3 Å². The highest BCUT2D eigenvalue weighted by atomic mass is 19.1. The fourth-order valence-corrected chi connectivity index (χ4v) is 4.90. The van der Waals surface area contributed by atoms with Gasteiger partial charge in [0.2, 0.25) is 11.9 Å². The van der Waals surface area contributed by atoms with Gasteiger partial charge in [-0.25, -0.2) is 19.0 Å². The summed E-state index contributed by atoms with van der Waals surface area (Å²) in [5.41, 5.74) is 2.41. The van der Waals surface area contributed by atoms with Gasteiger partial charge in [-0.3, -0.25) is 9.69 Å². The van der Waals surface area contributed by atoms with E-state index >= 15 is 0 Å². The molecule has 1 aliphatic rings. The monoisotopic (exact) mass is 582 g/mol. The molecule has 2 aromatic heterocycles. The highest BCUT2D eigenvalue weighted by Gasteiger charge is 2.36. The number of ether oxygens (including phenoxy) is 3. The molecular weight excluding hydrogens is 541 g/mol. The lowest BCUT2D eigenvalue weighted by molar-refractivity contribution is -0.290. The topological polar surface area (TPSA) is 104 Å². The third-order valence-electron chi connectivity index (χ3n) is 6.59. The van der Waals surface area contributed by atoms with E-state index in [0.29, 0.717) is 24.0 Å². The number of halogens is 1. The standard InChI is InChI=1S/C31H41FN6O4/c1-19(2)26-24(15-14-22-16-23(41-31(6,7)40-22)17-25(39)42-30(3,4)5)27(20-10-12-21(32)13-11-20)36-28(35-26)37(8)29-33-18-34-38(29)9/h10-15,18-19,22-23H,16-17H2,1-9H3/b15-14+/t22-,23-/m1/s1/i28+2. The first-order valence-electron chi connectivity index (χ1n) is 14.1. The summed E-state index contributed by atoms with van der Waals surface area (Å²) < 4.78 is 33.3. The first-order chi connectivity index (χ1) is 19.6. The Morgan fingerprint density at radius 1 is 1.24 bits per heavy atom. The molecule has 1 aliphatic heterocycles. The second-order valence-corrected chi connectivity index (χ2v) is 12.3. The summed E-state index contributed by atoms with van der Waals surface area (Å²) in [5, 5.41) is 4.17. The van der Waals surface area contributed by atoms with Crippen LogP contribution in [0.3, 0.4) is 0 Å². The maximum atomic E-state index is 13.9. The van der Waals surface area contributed by atoms with Gasteiger partial charge in [-0.2, -0.15) is 10.1 Å². The Morgan fingerprint density at radius 2 is 1.93 bits per heavy atom. The van der Waals surface area contributed by atoms with Gasteiger partial charge in [-0.15, -0.1) is 0 Å². The molecule has 0 N–H and O–H groups in total. The molecule has 0 bridgehead atoms. The SMILES string of the molecule is CC(C)c1n[14c](N(C)c2ncnn2C)nc(-c2ccc(F)cc2)c1/C=C/[C@@H]1C[C@H](CC(=O)OC(C)(C)C)OC(C)(C)O1. The summed E-state index contributed by atoms with van der Waals surface area (Å²) in [6, 6.07) is 6.24. The zero-order chi connectivity index (χ0) is 30.8. The quantitative estimate of drug-likeness (QED) is 0.298. The van der Waals surface area contributed by atoms with Crippen LogP contribution < -0.4 is 4.90 Å². The minimum Gasteiger partial charge on any atom is -0.460 e. The van der Waals surface area contributed by atoms with Crippen LogP contribution in [-0.4, -0.2) is 61.3 Å². The Morgan fingerprint density at radius 3 is 2.52 bits per heavy atom. The summed E-state index contributed by atoms with van der Waals surface area (Å²) in [4.78, 5) is 28.5. The van der Waals surface area contributed by atoms with Gasteiger partial charge < -0.3 is 14.2 Å². The molecular formula is C31H41FN6O4. The van der Waals surface area contributed by atoms with E-state index in [4.69, 9.17) is 24.2 Å². The summed E-state index contributed by atoms with van der Waals surface area (Å²) in [7, 11) is 3.63. The summed E-state index contributed by atoms with van der Waals surface area (Å²) >= 11 is 0. The molecule has 1 saturated heterocycles. The zero-order valence-corrected chi connectivity index (χ0v) is 25.9. The molecule has 1 aromatic carbocycles. The smallest absolute Gasteiger partial charge is 0.308 e. The number of hydrogen-bond acceptors (Lipinski definition) is 9. The van der Waals surface area contributed by atoms with E-state index in [2.05, 4.69) is 23.9 Å². The van der Waals surface area contributed by atoms with Crippen molar-refractivity contribution in [1.82, 2.24) is 24.7 Å². The van der Waals surface area contributed by atoms with Crippen LogP contribution in [0, 0.1) is 5.82 Å². The molecule has 4 rings (SSSR count). The first-order valence-corrected chi connectivity index (χ1v) is 14.1. The Labute approximate surface area is 246 Å². The number of esters is 1. The lowest BCUT2D eigenvalue weighted by Gasteiger charge is -2.39. The zero-order valence-electron chi connectivity index (χ0n) is 25.9. The van der Waals surface area contributed by atoms with Crippen LogP contribution in [0.15, 0.2) is 36.7 Å². The van der Waals surface area contributed by atoms with Gasteiger partial charge >= 0.3 is 5.97 Å². The number of anilines is 2. The van der Waals surface area contributed by atoms with E-state index in [1.54, 1.807) is 28.8 Å². The molecule has 3 aromatic rings. The number of carbonyl (C=O) groups excluding carboxylic acids is 1. The van der Waals surface area contributed by atoms with Crippen LogP contribution in [0.5, 0.6) is 0 Å². The number of aryl methyl sites for hydroxylation is 1. The minimum atomic E-state index is -0.903. The van der Waals surface area contributed by atoms with Crippen molar-refractivity contribution < 1.29 is 23.4 Å². The molecule has 10 nitrogen and oxygen atoms in total. The normalized spacial score (nSPS) is 18.9. The van der Waals surface area contributed by atoms with Gasteiger partial charge in [0.05, 0.1) is 30.0 Å². The van der Waals surface area contributed by atoms with Gasteiger partial charge in [-0.05, 0) is 64.8 Å². The van der Waals surface area contributed by atoms with E-state index in [0.717, 1.165) is 16.8 Å². The van der Waals surface area contributed by atoms with Crippen LogP contribution in [0.4, 0.5) is 16.3 Å². The van der Waals surface area contributed by atoms with Crippen molar-refractivity contribution in [2.24, 2.45) is 7.05 Å². The third kappa shape index (κ3) is 7.77. The predicted molar refractivity (Wildman–Crippen MR) is 159 cm³/mol. The first kappa shape index (κ1) is 31.2. The van der Waals surface area contributed by atoms with Crippen molar-refractivity contribution in [3.05, 3.63) is 53.7 Å². The van der Waals surface area contributed by atoms with Crippen LogP contribution in [0.2, 0.25) is 0 Å². The number of hydrogen-bond donors (Lipinski definition) is 0. The number of benzene rings is 1. The van der Waals surface area contributed by atoms with E-state index in [1.165, 1.54) is 18.5 Å². The van der Waals surface area contributed by atoms with Gasteiger partial charge in [0, 0.05) is 31.6 Å². The lowest BCUT2D eigenvalue weighted by atomic mass is 9.97. The van der Waals surface area contributed by atoms with Crippen molar-refractivity contribution in [1.29, 1.82) is 0 Å². The fraction of sp³-hybridized carbons (Fsp3) is 0.516. The van der Waals surface area contributed by atoms with Crippen molar-refractivity contribution in [3.8, 4) is 11.3 Å². The van der Waals surface area contributed by atoms with Crippen molar-refractivity contribution in [2.75, 3.05) is 11.9 Å². The van der Waals surface area contributed by atoms with Crippen LogP contribution in [-0.2, 0) is 26.1 Å². The van der Waals surface area contributed by atoms with E-state index in [1.807, 2.05) is 53.8 Å². The maximum Gasteiger partial charge on any atom is 0.308 e. The number of rotatable bonds is 8. The van der Waals surface area contributed by atoms with Crippen molar-refractivity contribution in [2.45, 2.75) is 90.8 Å². The van der Waals surface area contributed by atoms with Crippen molar-refractivity contribution >= 4 is 23.9 Å². The number of nitrogens with zero attached hydrogens (tertiary/aromatic N) is 6. The average molecular weight is 583 g/mol. The van der Waals surface area contributed by atoms with Gasteiger partial charge in [0.15, 0.2) is 5.79 Å². The molecule has 0 spiro atoms. The molecule has 226 valence electrons. The maximum absolute atomic E-state index is 13.9. The Bertz CT molecular complexity index is 1430. The molecule has 11 heteroatoms. The second kappa shape index (κ2) is 12.3.